The summed E-state index contributed by atoms with van der Waals surface area (Å²) >= 11 is 0. The van der Waals surface area contributed by atoms with Gasteiger partial charge < -0.3 is 4.90 Å². The van der Waals surface area contributed by atoms with Crippen LogP contribution in [0, 0.1) is 0 Å². The van der Waals surface area contributed by atoms with Crippen molar-refractivity contribution < 1.29 is 0 Å². The molecule has 0 amide bonds. The zero-order chi connectivity index (χ0) is 37.4. The molecule has 9 rings (SSSR count). The van der Waals surface area contributed by atoms with Gasteiger partial charge >= 0.3 is 0 Å². The van der Waals surface area contributed by atoms with Crippen LogP contribution in [0.4, 0.5) is 17.1 Å². The van der Waals surface area contributed by atoms with Crippen LogP contribution in [0.15, 0.2) is 206 Å². The molecule has 0 saturated heterocycles. The fraction of sp³-hybridized carbons (Fsp3) is 0.0741. The second-order valence-electron chi connectivity index (χ2n) is 15.3. The molecule has 0 N–H and O–H groups in total. The molecule has 1 nitrogen and oxygen atoms in total. The van der Waals surface area contributed by atoms with Crippen LogP contribution < -0.4 is 4.90 Å². The van der Waals surface area contributed by atoms with Crippen molar-refractivity contribution in [2.75, 3.05) is 4.90 Å². The van der Waals surface area contributed by atoms with E-state index >= 15 is 0 Å². The fourth-order valence-corrected chi connectivity index (χ4v) is 8.13. The lowest BCUT2D eigenvalue weighted by atomic mass is 9.86. The van der Waals surface area contributed by atoms with Crippen molar-refractivity contribution in [3.63, 3.8) is 0 Å². The van der Waals surface area contributed by atoms with Gasteiger partial charge in [-0.1, -0.05) is 209 Å². The number of fused-ring (bicyclic) bond motifs is 2. The van der Waals surface area contributed by atoms with Crippen molar-refractivity contribution in [2.24, 2.45) is 0 Å². The van der Waals surface area contributed by atoms with Crippen LogP contribution >= 0.6 is 0 Å². The van der Waals surface area contributed by atoms with Gasteiger partial charge in [-0.3, -0.25) is 0 Å². The molecule has 0 aromatic heterocycles. The average Bonchev–Trinajstić information content (AvgIpc) is 3.24. The summed E-state index contributed by atoms with van der Waals surface area (Å²) in [6.45, 7) is 6.82. The Labute approximate surface area is 324 Å². The number of benzene rings is 9. The zero-order valence-electron chi connectivity index (χ0n) is 31.6. The molecule has 9 aromatic rings. The Morgan fingerprint density at radius 1 is 0.309 bits per heavy atom. The molecule has 0 saturated carbocycles. The highest BCUT2D eigenvalue weighted by molar-refractivity contribution is 6.10. The molecule has 0 aliphatic rings. The standard InChI is InChI=1S/C54H43N/c1-54(2,3)42-36-34-40(35-37-42)44-25-9-12-31-50(44)55(51-32-13-10-26-47(51)46-29-15-21-38-20-7-8-24-43(38)46)52-33-14-11-27-48(52)49-30-17-23-41-22-16-28-45(53(41)49)39-18-5-4-6-19-39/h4-37H,1-3H3. The topological polar surface area (TPSA) is 3.24 Å². The Hall–Kier alpha value is -6.70. The van der Waals surface area contributed by atoms with Crippen LogP contribution in [0.5, 0.6) is 0 Å². The van der Waals surface area contributed by atoms with E-state index in [0.717, 1.165) is 17.1 Å². The Morgan fingerprint density at radius 2 is 0.745 bits per heavy atom. The summed E-state index contributed by atoms with van der Waals surface area (Å²) in [5.74, 6) is 0. The van der Waals surface area contributed by atoms with Crippen molar-refractivity contribution in [2.45, 2.75) is 26.2 Å². The van der Waals surface area contributed by atoms with E-state index in [1.54, 1.807) is 0 Å². The first-order valence-corrected chi connectivity index (χ1v) is 19.2. The predicted octanol–water partition coefficient (Wildman–Crippen LogP) is 15.4. The van der Waals surface area contributed by atoms with Crippen molar-refractivity contribution >= 4 is 38.6 Å². The SMILES string of the molecule is CC(C)(C)c1ccc(-c2ccccc2N(c2ccccc2-c2cccc3ccccc23)c2ccccc2-c2cccc3cccc(-c4ccccc4)c23)cc1. The molecule has 55 heavy (non-hydrogen) atoms. The minimum atomic E-state index is 0.0669. The van der Waals surface area contributed by atoms with E-state index in [1.807, 2.05) is 0 Å². The van der Waals surface area contributed by atoms with Gasteiger partial charge in [0, 0.05) is 16.7 Å². The van der Waals surface area contributed by atoms with Gasteiger partial charge in [0.25, 0.3) is 0 Å². The van der Waals surface area contributed by atoms with Gasteiger partial charge in [0.05, 0.1) is 17.1 Å². The first-order valence-electron chi connectivity index (χ1n) is 19.2. The number of nitrogens with zero attached hydrogens (tertiary/aromatic N) is 1. The number of rotatable bonds is 7. The Bertz CT molecular complexity index is 2780. The van der Waals surface area contributed by atoms with E-state index in [9.17, 15) is 0 Å². The van der Waals surface area contributed by atoms with E-state index < -0.39 is 0 Å². The van der Waals surface area contributed by atoms with Crippen molar-refractivity contribution in [1.29, 1.82) is 0 Å². The summed E-state index contributed by atoms with van der Waals surface area (Å²) in [7, 11) is 0. The van der Waals surface area contributed by atoms with Gasteiger partial charge in [-0.2, -0.15) is 0 Å². The maximum atomic E-state index is 2.50. The Balaban J connectivity index is 1.34. The fourth-order valence-electron chi connectivity index (χ4n) is 8.13. The minimum Gasteiger partial charge on any atom is -0.309 e. The van der Waals surface area contributed by atoms with E-state index in [-0.39, 0.29) is 5.41 Å². The van der Waals surface area contributed by atoms with Crippen molar-refractivity contribution in [1.82, 2.24) is 0 Å². The molecule has 0 heterocycles. The van der Waals surface area contributed by atoms with Crippen LogP contribution in [-0.4, -0.2) is 0 Å². The van der Waals surface area contributed by atoms with Gasteiger partial charge in [0.1, 0.15) is 0 Å². The summed E-state index contributed by atoms with van der Waals surface area (Å²) in [5, 5.41) is 4.93. The van der Waals surface area contributed by atoms with Crippen LogP contribution in [0.2, 0.25) is 0 Å². The molecule has 0 radical (unpaired) electrons. The van der Waals surface area contributed by atoms with Crippen LogP contribution in [-0.2, 0) is 5.41 Å². The Morgan fingerprint density at radius 3 is 1.40 bits per heavy atom. The second kappa shape index (κ2) is 14.3. The first kappa shape index (κ1) is 34.1. The molecular weight excluding hydrogens is 663 g/mol. The summed E-state index contributed by atoms with van der Waals surface area (Å²) < 4.78 is 0. The summed E-state index contributed by atoms with van der Waals surface area (Å²) in [6, 6.07) is 75.4. The van der Waals surface area contributed by atoms with Gasteiger partial charge in [-0.15, -0.1) is 0 Å². The lowest BCUT2D eigenvalue weighted by Gasteiger charge is -2.32. The number of hydrogen-bond donors (Lipinski definition) is 0. The minimum absolute atomic E-state index is 0.0669. The normalized spacial score (nSPS) is 11.5. The first-order chi connectivity index (χ1) is 27.0. The largest absolute Gasteiger partial charge is 0.309 e. The second-order valence-corrected chi connectivity index (χ2v) is 15.3. The lowest BCUT2D eigenvalue weighted by molar-refractivity contribution is 0.590. The van der Waals surface area contributed by atoms with E-state index in [1.165, 1.54) is 71.6 Å². The Kier molecular flexibility index (Phi) is 8.84. The molecule has 9 aromatic carbocycles. The number of anilines is 3. The van der Waals surface area contributed by atoms with Crippen molar-refractivity contribution in [3.05, 3.63) is 212 Å². The number of hydrogen-bond acceptors (Lipinski definition) is 1. The molecule has 1 heteroatoms. The summed E-state index contributed by atoms with van der Waals surface area (Å²) in [4.78, 5) is 2.50. The van der Waals surface area contributed by atoms with Gasteiger partial charge in [-0.25, -0.2) is 0 Å². The third-order valence-corrected chi connectivity index (χ3v) is 10.9. The molecule has 0 unspecified atom stereocenters. The van der Waals surface area contributed by atoms with Gasteiger partial charge in [0.2, 0.25) is 0 Å². The molecule has 0 bridgehead atoms. The quantitative estimate of drug-likeness (QED) is 0.160. The van der Waals surface area contributed by atoms with Crippen LogP contribution in [0.1, 0.15) is 26.3 Å². The number of para-hydroxylation sites is 3. The lowest BCUT2D eigenvalue weighted by Crippen LogP contribution is -2.14. The van der Waals surface area contributed by atoms with Crippen molar-refractivity contribution in [3.8, 4) is 44.5 Å². The maximum absolute atomic E-state index is 2.50. The smallest absolute Gasteiger partial charge is 0.0540 e. The highest BCUT2D eigenvalue weighted by Gasteiger charge is 2.25. The molecule has 264 valence electrons. The highest BCUT2D eigenvalue weighted by atomic mass is 15.1. The van der Waals surface area contributed by atoms with E-state index in [0.29, 0.717) is 0 Å². The molecule has 0 atom stereocenters. The molecule has 0 aliphatic carbocycles. The predicted molar refractivity (Wildman–Crippen MR) is 237 cm³/mol. The van der Waals surface area contributed by atoms with Gasteiger partial charge in [0.15, 0.2) is 0 Å². The average molecular weight is 706 g/mol. The highest BCUT2D eigenvalue weighted by Crippen LogP contribution is 2.49. The van der Waals surface area contributed by atoms with E-state index in [4.69, 9.17) is 0 Å². The monoisotopic (exact) mass is 705 g/mol. The van der Waals surface area contributed by atoms with Gasteiger partial charge in [-0.05, 0) is 78.5 Å². The van der Waals surface area contributed by atoms with Crippen LogP contribution in [0.3, 0.4) is 0 Å². The summed E-state index contributed by atoms with van der Waals surface area (Å²) in [6.07, 6.45) is 0. The molecule has 0 aliphatic heterocycles. The third kappa shape index (κ3) is 6.38. The summed E-state index contributed by atoms with van der Waals surface area (Å²) in [5.41, 5.74) is 14.3. The maximum Gasteiger partial charge on any atom is 0.0540 e. The third-order valence-electron chi connectivity index (χ3n) is 10.9. The molecular formula is C54H43N. The van der Waals surface area contributed by atoms with Crippen LogP contribution in [0.25, 0.3) is 66.1 Å². The zero-order valence-corrected chi connectivity index (χ0v) is 31.6. The molecule has 0 spiro atoms. The van der Waals surface area contributed by atoms with E-state index in [2.05, 4.69) is 232 Å². The molecule has 0 fully saturated rings.